The third-order valence-corrected chi connectivity index (χ3v) is 5.10. The Morgan fingerprint density at radius 1 is 1.05 bits per heavy atom. The van der Waals surface area contributed by atoms with Crippen LogP contribution in [0, 0.1) is 27.7 Å². The maximum atomic E-state index is 12.8. The number of thiophene rings is 1. The lowest BCUT2D eigenvalue weighted by Crippen LogP contribution is -2.03. The minimum absolute atomic E-state index is 0.0272. The van der Waals surface area contributed by atoms with Crippen molar-refractivity contribution in [2.45, 2.75) is 27.7 Å². The standard InChI is InChI=1S/C18H18N2OS/c1-9-5-6-13(8-10(9)2)16(21)17-15(19)14-11(3)7-12(4)20-18(14)22-17/h5-8H,19H2,1-4H3. The average molecular weight is 310 g/mol. The summed E-state index contributed by atoms with van der Waals surface area (Å²) in [5, 5.41) is 0.905. The smallest absolute Gasteiger partial charge is 0.205 e. The maximum Gasteiger partial charge on any atom is 0.205 e. The van der Waals surface area contributed by atoms with Crippen molar-refractivity contribution in [2.75, 3.05) is 5.73 Å². The van der Waals surface area contributed by atoms with Crippen molar-refractivity contribution in [1.29, 1.82) is 0 Å². The molecule has 1 aromatic carbocycles. The second kappa shape index (κ2) is 5.21. The van der Waals surface area contributed by atoms with E-state index in [1.807, 2.05) is 52.0 Å². The van der Waals surface area contributed by atoms with Gasteiger partial charge in [-0.15, -0.1) is 11.3 Å². The summed E-state index contributed by atoms with van der Waals surface area (Å²) in [6.45, 7) is 8.00. The van der Waals surface area contributed by atoms with Gasteiger partial charge in [0.2, 0.25) is 5.78 Å². The number of aromatic nitrogens is 1. The number of hydrogen-bond acceptors (Lipinski definition) is 4. The number of ketones is 1. The molecule has 3 nitrogen and oxygen atoms in total. The molecular formula is C18H18N2OS. The number of fused-ring (bicyclic) bond motifs is 1. The normalized spacial score (nSPS) is 11.1. The molecule has 22 heavy (non-hydrogen) atoms. The second-order valence-corrected chi connectivity index (χ2v) is 6.73. The number of benzene rings is 1. The van der Waals surface area contributed by atoms with Gasteiger partial charge in [-0.05, 0) is 56.5 Å². The molecule has 0 aliphatic heterocycles. The van der Waals surface area contributed by atoms with Gasteiger partial charge in [0.05, 0.1) is 5.69 Å². The van der Waals surface area contributed by atoms with Crippen molar-refractivity contribution in [2.24, 2.45) is 0 Å². The Kier molecular flexibility index (Phi) is 3.49. The van der Waals surface area contributed by atoms with E-state index in [4.69, 9.17) is 5.73 Å². The zero-order valence-corrected chi connectivity index (χ0v) is 14.0. The highest BCUT2D eigenvalue weighted by Crippen LogP contribution is 2.36. The molecule has 3 rings (SSSR count). The molecule has 0 radical (unpaired) electrons. The highest BCUT2D eigenvalue weighted by atomic mass is 32.1. The molecule has 0 atom stereocenters. The van der Waals surface area contributed by atoms with Gasteiger partial charge in [-0.1, -0.05) is 12.1 Å². The fourth-order valence-electron chi connectivity index (χ4n) is 2.65. The number of hydrogen-bond donors (Lipinski definition) is 1. The Morgan fingerprint density at radius 2 is 1.77 bits per heavy atom. The number of nitrogen functional groups attached to an aromatic ring is 1. The van der Waals surface area contributed by atoms with Gasteiger partial charge in [0.1, 0.15) is 9.71 Å². The quantitative estimate of drug-likeness (QED) is 0.716. The molecule has 112 valence electrons. The Balaban J connectivity index is 2.17. The first-order chi connectivity index (χ1) is 10.4. The molecular weight excluding hydrogens is 292 g/mol. The van der Waals surface area contributed by atoms with Crippen molar-refractivity contribution < 1.29 is 4.79 Å². The summed E-state index contributed by atoms with van der Waals surface area (Å²) in [6, 6.07) is 7.75. The van der Waals surface area contributed by atoms with Crippen molar-refractivity contribution in [3.63, 3.8) is 0 Å². The fourth-order valence-corrected chi connectivity index (χ4v) is 3.83. The third-order valence-electron chi connectivity index (χ3n) is 4.00. The molecule has 0 aliphatic carbocycles. The van der Waals surface area contributed by atoms with E-state index in [1.165, 1.54) is 16.9 Å². The molecule has 2 aromatic heterocycles. The molecule has 0 amide bonds. The van der Waals surface area contributed by atoms with Gasteiger partial charge in [-0.3, -0.25) is 4.79 Å². The molecule has 0 bridgehead atoms. The summed E-state index contributed by atoms with van der Waals surface area (Å²) in [5.74, 6) is -0.0272. The number of rotatable bonds is 2. The molecule has 4 heteroatoms. The highest BCUT2D eigenvalue weighted by Gasteiger charge is 2.20. The first-order valence-corrected chi connectivity index (χ1v) is 7.98. The van der Waals surface area contributed by atoms with E-state index < -0.39 is 0 Å². The van der Waals surface area contributed by atoms with E-state index in [1.54, 1.807) is 0 Å². The Labute approximate surface area is 133 Å². The average Bonchev–Trinajstić information content (AvgIpc) is 2.78. The monoisotopic (exact) mass is 310 g/mol. The summed E-state index contributed by atoms with van der Waals surface area (Å²) < 4.78 is 0. The first-order valence-electron chi connectivity index (χ1n) is 7.16. The largest absolute Gasteiger partial charge is 0.397 e. The lowest BCUT2D eigenvalue weighted by atomic mass is 10.0. The molecule has 3 aromatic rings. The van der Waals surface area contributed by atoms with Gasteiger partial charge < -0.3 is 5.73 Å². The minimum atomic E-state index is -0.0272. The van der Waals surface area contributed by atoms with E-state index in [0.29, 0.717) is 16.1 Å². The topological polar surface area (TPSA) is 56.0 Å². The van der Waals surface area contributed by atoms with Crippen LogP contribution in [-0.4, -0.2) is 10.8 Å². The van der Waals surface area contributed by atoms with E-state index in [9.17, 15) is 4.79 Å². The van der Waals surface area contributed by atoms with Crippen LogP contribution in [0.5, 0.6) is 0 Å². The van der Waals surface area contributed by atoms with Gasteiger partial charge >= 0.3 is 0 Å². The lowest BCUT2D eigenvalue weighted by Gasteiger charge is -2.04. The second-order valence-electron chi connectivity index (χ2n) is 5.73. The summed E-state index contributed by atoms with van der Waals surface area (Å²) in [6.07, 6.45) is 0. The van der Waals surface area contributed by atoms with Gasteiger partial charge in [0, 0.05) is 16.6 Å². The van der Waals surface area contributed by atoms with Crippen LogP contribution >= 0.6 is 11.3 Å². The summed E-state index contributed by atoms with van der Waals surface area (Å²) in [7, 11) is 0. The maximum absolute atomic E-state index is 12.8. The Hall–Kier alpha value is -2.20. The molecule has 0 fully saturated rings. The molecule has 0 aliphatic rings. The molecule has 0 saturated carbocycles. The van der Waals surface area contributed by atoms with E-state index in [2.05, 4.69) is 4.98 Å². The van der Waals surface area contributed by atoms with Crippen molar-refractivity contribution in [3.8, 4) is 0 Å². The summed E-state index contributed by atoms with van der Waals surface area (Å²) in [5.41, 5.74) is 11.8. The number of aryl methyl sites for hydroxylation is 4. The van der Waals surface area contributed by atoms with Crippen LogP contribution in [0.15, 0.2) is 24.3 Å². The van der Waals surface area contributed by atoms with Gasteiger partial charge in [0.15, 0.2) is 0 Å². The zero-order chi connectivity index (χ0) is 16.0. The molecule has 2 N–H and O–H groups in total. The fraction of sp³-hybridized carbons (Fsp3) is 0.222. The van der Waals surface area contributed by atoms with E-state index >= 15 is 0 Å². The third kappa shape index (κ3) is 2.29. The lowest BCUT2D eigenvalue weighted by molar-refractivity contribution is 0.104. The number of carbonyl (C=O) groups excluding carboxylic acids is 1. The predicted molar refractivity (Wildman–Crippen MR) is 92.9 cm³/mol. The number of nitrogens with two attached hydrogens (primary N) is 1. The summed E-state index contributed by atoms with van der Waals surface area (Å²) in [4.78, 5) is 18.7. The van der Waals surface area contributed by atoms with Crippen LogP contribution in [0.3, 0.4) is 0 Å². The van der Waals surface area contributed by atoms with Gasteiger partial charge in [-0.25, -0.2) is 4.98 Å². The van der Waals surface area contributed by atoms with Crippen molar-refractivity contribution >= 4 is 33.0 Å². The SMILES string of the molecule is Cc1cc(C)c2c(N)c(C(=O)c3ccc(C)c(C)c3)sc2n1. The van der Waals surface area contributed by atoms with Gasteiger partial charge in [-0.2, -0.15) is 0 Å². The molecule has 2 heterocycles. The van der Waals surface area contributed by atoms with Crippen molar-refractivity contribution in [3.05, 3.63) is 57.1 Å². The molecule has 0 unspecified atom stereocenters. The van der Waals surface area contributed by atoms with Crippen LogP contribution < -0.4 is 5.73 Å². The highest BCUT2D eigenvalue weighted by molar-refractivity contribution is 7.21. The summed E-state index contributed by atoms with van der Waals surface area (Å²) >= 11 is 1.38. The van der Waals surface area contributed by atoms with Crippen molar-refractivity contribution in [1.82, 2.24) is 4.98 Å². The van der Waals surface area contributed by atoms with Crippen LogP contribution in [0.1, 0.15) is 37.6 Å². The van der Waals surface area contributed by atoms with E-state index in [0.717, 1.165) is 27.0 Å². The number of nitrogens with zero attached hydrogens (tertiary/aromatic N) is 1. The van der Waals surface area contributed by atoms with E-state index in [-0.39, 0.29) is 5.78 Å². The Bertz CT molecular complexity index is 909. The van der Waals surface area contributed by atoms with Crippen LogP contribution in [0.4, 0.5) is 5.69 Å². The molecule has 0 spiro atoms. The first kappa shape index (κ1) is 14.7. The number of carbonyl (C=O) groups is 1. The van der Waals surface area contributed by atoms with Crippen LogP contribution in [0.25, 0.3) is 10.2 Å². The van der Waals surface area contributed by atoms with Gasteiger partial charge in [0.25, 0.3) is 0 Å². The van der Waals surface area contributed by atoms with Crippen LogP contribution in [0.2, 0.25) is 0 Å². The predicted octanol–water partition coefficient (Wildman–Crippen LogP) is 4.34. The number of pyridine rings is 1. The van der Waals surface area contributed by atoms with Crippen LogP contribution in [-0.2, 0) is 0 Å². The Morgan fingerprint density at radius 3 is 2.45 bits per heavy atom. The number of anilines is 1. The zero-order valence-electron chi connectivity index (χ0n) is 13.2. The molecule has 0 saturated heterocycles. The minimum Gasteiger partial charge on any atom is -0.397 e.